The van der Waals surface area contributed by atoms with Crippen LogP contribution >= 0.6 is 11.6 Å². The van der Waals surface area contributed by atoms with E-state index >= 15 is 0 Å². The molecule has 1 saturated carbocycles. The van der Waals surface area contributed by atoms with Gasteiger partial charge < -0.3 is 15.0 Å². The Morgan fingerprint density at radius 2 is 2.14 bits per heavy atom. The third-order valence-corrected chi connectivity index (χ3v) is 5.33. The SMILES string of the molecule is O=C(NCc1ccnc(OCC2CC2)c1)c1cc(N2CCCC2=O)ccc1Cl. The maximum Gasteiger partial charge on any atom is 0.253 e. The molecule has 7 heteroatoms. The van der Waals surface area contributed by atoms with E-state index in [0.29, 0.717) is 54.2 Å². The van der Waals surface area contributed by atoms with Gasteiger partial charge >= 0.3 is 0 Å². The summed E-state index contributed by atoms with van der Waals surface area (Å²) in [7, 11) is 0. The molecule has 0 spiro atoms. The summed E-state index contributed by atoms with van der Waals surface area (Å²) in [4.78, 5) is 30.5. The second-order valence-electron chi connectivity index (χ2n) is 7.25. The molecule has 28 heavy (non-hydrogen) atoms. The van der Waals surface area contributed by atoms with Gasteiger partial charge in [-0.25, -0.2) is 4.98 Å². The minimum Gasteiger partial charge on any atom is -0.477 e. The van der Waals surface area contributed by atoms with Crippen LogP contribution < -0.4 is 15.0 Å². The van der Waals surface area contributed by atoms with Crippen molar-refractivity contribution in [2.24, 2.45) is 5.92 Å². The number of pyridine rings is 1. The first-order valence-electron chi connectivity index (χ1n) is 9.56. The van der Waals surface area contributed by atoms with Crippen LogP contribution in [0.1, 0.15) is 41.6 Å². The van der Waals surface area contributed by atoms with Crippen LogP contribution in [0.5, 0.6) is 5.88 Å². The third-order valence-electron chi connectivity index (χ3n) is 5.00. The number of halogens is 1. The highest BCUT2D eigenvalue weighted by Crippen LogP contribution is 2.29. The molecular weight excluding hydrogens is 378 g/mol. The molecule has 2 amide bonds. The van der Waals surface area contributed by atoms with Crippen molar-refractivity contribution >= 4 is 29.1 Å². The molecule has 1 aromatic heterocycles. The van der Waals surface area contributed by atoms with Crippen molar-refractivity contribution in [3.63, 3.8) is 0 Å². The second-order valence-corrected chi connectivity index (χ2v) is 7.66. The largest absolute Gasteiger partial charge is 0.477 e. The number of hydrogen-bond donors (Lipinski definition) is 1. The number of benzene rings is 1. The Bertz CT molecular complexity index is 898. The van der Waals surface area contributed by atoms with Crippen LogP contribution in [0.4, 0.5) is 5.69 Å². The molecule has 2 heterocycles. The molecule has 0 bridgehead atoms. The molecule has 2 fully saturated rings. The van der Waals surface area contributed by atoms with Crippen molar-refractivity contribution in [3.8, 4) is 5.88 Å². The van der Waals surface area contributed by atoms with Crippen molar-refractivity contribution in [3.05, 3.63) is 52.7 Å². The van der Waals surface area contributed by atoms with Crippen LogP contribution in [0.15, 0.2) is 36.5 Å². The highest BCUT2D eigenvalue weighted by atomic mass is 35.5. The van der Waals surface area contributed by atoms with Crippen molar-refractivity contribution in [2.45, 2.75) is 32.2 Å². The molecule has 1 aliphatic carbocycles. The molecule has 6 nitrogen and oxygen atoms in total. The molecule has 2 aliphatic rings. The fraction of sp³-hybridized carbons (Fsp3) is 0.381. The van der Waals surface area contributed by atoms with Crippen LogP contribution in [0, 0.1) is 5.92 Å². The van der Waals surface area contributed by atoms with Gasteiger partial charge in [-0.3, -0.25) is 9.59 Å². The zero-order valence-electron chi connectivity index (χ0n) is 15.5. The van der Waals surface area contributed by atoms with Gasteiger partial charge in [0.1, 0.15) is 0 Å². The predicted octanol–water partition coefficient (Wildman–Crippen LogP) is 3.58. The first-order chi connectivity index (χ1) is 13.6. The van der Waals surface area contributed by atoms with E-state index < -0.39 is 0 Å². The lowest BCUT2D eigenvalue weighted by molar-refractivity contribution is -0.117. The Balaban J connectivity index is 1.40. The number of anilines is 1. The van der Waals surface area contributed by atoms with Crippen molar-refractivity contribution < 1.29 is 14.3 Å². The van der Waals surface area contributed by atoms with Gasteiger partial charge in [0.05, 0.1) is 17.2 Å². The fourth-order valence-electron chi connectivity index (χ4n) is 3.18. The molecular formula is C21H22ClN3O3. The van der Waals surface area contributed by atoms with Gasteiger partial charge in [-0.1, -0.05) is 11.6 Å². The Hall–Kier alpha value is -2.60. The van der Waals surface area contributed by atoms with Crippen LogP contribution in [-0.4, -0.2) is 29.9 Å². The van der Waals surface area contributed by atoms with Gasteiger partial charge in [0, 0.05) is 37.5 Å². The molecule has 1 aliphatic heterocycles. The Labute approximate surface area is 168 Å². The van der Waals surface area contributed by atoms with Gasteiger partial charge in [-0.15, -0.1) is 0 Å². The highest BCUT2D eigenvalue weighted by Gasteiger charge is 2.23. The standard InChI is InChI=1S/C21H22ClN3O3/c22-18-6-5-16(25-9-1-2-20(25)26)11-17(18)21(27)24-12-15-7-8-23-19(10-15)28-13-14-3-4-14/h5-8,10-11,14H,1-4,9,12-13H2,(H,24,27). The third kappa shape index (κ3) is 4.44. The summed E-state index contributed by atoms with van der Waals surface area (Å²) in [6.07, 6.45) is 5.49. The summed E-state index contributed by atoms with van der Waals surface area (Å²) >= 11 is 6.22. The first kappa shape index (κ1) is 18.7. The molecule has 4 rings (SSSR count). The van der Waals surface area contributed by atoms with Crippen molar-refractivity contribution in [2.75, 3.05) is 18.1 Å². The number of nitrogens with one attached hydrogen (secondary N) is 1. The molecule has 1 saturated heterocycles. The molecule has 146 valence electrons. The lowest BCUT2D eigenvalue weighted by Gasteiger charge is -2.17. The van der Waals surface area contributed by atoms with E-state index in [4.69, 9.17) is 16.3 Å². The monoisotopic (exact) mass is 399 g/mol. The Morgan fingerprint density at radius 3 is 2.89 bits per heavy atom. The van der Waals surface area contributed by atoms with E-state index in [-0.39, 0.29) is 11.8 Å². The van der Waals surface area contributed by atoms with Gasteiger partial charge in [-0.05, 0) is 55.0 Å². The van der Waals surface area contributed by atoms with Crippen LogP contribution in [0.25, 0.3) is 0 Å². The Morgan fingerprint density at radius 1 is 1.29 bits per heavy atom. The quantitative estimate of drug-likeness (QED) is 0.772. The maximum absolute atomic E-state index is 12.6. The topological polar surface area (TPSA) is 71.5 Å². The number of nitrogens with zero attached hydrogens (tertiary/aromatic N) is 2. The smallest absolute Gasteiger partial charge is 0.253 e. The van der Waals surface area contributed by atoms with E-state index in [2.05, 4.69) is 10.3 Å². The van der Waals surface area contributed by atoms with Crippen LogP contribution in [0.3, 0.4) is 0 Å². The van der Waals surface area contributed by atoms with E-state index in [1.54, 1.807) is 29.3 Å². The van der Waals surface area contributed by atoms with E-state index in [0.717, 1.165) is 12.0 Å². The molecule has 0 radical (unpaired) electrons. The maximum atomic E-state index is 12.6. The summed E-state index contributed by atoms with van der Waals surface area (Å²) in [5.74, 6) is 1.02. The highest BCUT2D eigenvalue weighted by molar-refractivity contribution is 6.34. The molecule has 1 aromatic carbocycles. The molecule has 0 unspecified atom stereocenters. The number of carbonyl (C=O) groups is 2. The molecule has 2 aromatic rings. The van der Waals surface area contributed by atoms with E-state index in [1.807, 2.05) is 12.1 Å². The van der Waals surface area contributed by atoms with Gasteiger partial charge in [0.25, 0.3) is 5.91 Å². The van der Waals surface area contributed by atoms with Crippen LogP contribution in [-0.2, 0) is 11.3 Å². The minimum atomic E-state index is -0.282. The van der Waals surface area contributed by atoms with Crippen LogP contribution in [0.2, 0.25) is 5.02 Å². The number of aromatic nitrogens is 1. The average Bonchev–Trinajstić information content (AvgIpc) is 3.44. The average molecular weight is 400 g/mol. The predicted molar refractivity (Wildman–Crippen MR) is 107 cm³/mol. The number of hydrogen-bond acceptors (Lipinski definition) is 4. The number of rotatable bonds is 7. The van der Waals surface area contributed by atoms with E-state index in [1.165, 1.54) is 12.8 Å². The molecule has 1 N–H and O–H groups in total. The summed E-state index contributed by atoms with van der Waals surface area (Å²) in [5, 5.41) is 3.24. The first-order valence-corrected chi connectivity index (χ1v) is 9.94. The second kappa shape index (κ2) is 8.19. The van der Waals surface area contributed by atoms with Gasteiger partial charge in [0.2, 0.25) is 11.8 Å². The van der Waals surface area contributed by atoms with E-state index in [9.17, 15) is 9.59 Å². The van der Waals surface area contributed by atoms with Crippen molar-refractivity contribution in [1.82, 2.24) is 10.3 Å². The summed E-state index contributed by atoms with van der Waals surface area (Å²) < 4.78 is 5.68. The van der Waals surface area contributed by atoms with Crippen molar-refractivity contribution in [1.29, 1.82) is 0 Å². The summed E-state index contributed by atoms with van der Waals surface area (Å²) in [6, 6.07) is 8.79. The fourth-order valence-corrected chi connectivity index (χ4v) is 3.38. The number of carbonyl (C=O) groups excluding carboxylic acids is 2. The molecule has 0 atom stereocenters. The normalized spacial score (nSPS) is 16.3. The lowest BCUT2D eigenvalue weighted by atomic mass is 10.1. The number of ether oxygens (including phenoxy) is 1. The minimum absolute atomic E-state index is 0.0733. The summed E-state index contributed by atoms with van der Waals surface area (Å²) in [5.41, 5.74) is 1.96. The van der Waals surface area contributed by atoms with Gasteiger partial charge in [-0.2, -0.15) is 0 Å². The lowest BCUT2D eigenvalue weighted by Crippen LogP contribution is -2.26. The van der Waals surface area contributed by atoms with Gasteiger partial charge in [0.15, 0.2) is 0 Å². The Kier molecular flexibility index (Phi) is 5.48. The zero-order chi connectivity index (χ0) is 19.5. The zero-order valence-corrected chi connectivity index (χ0v) is 16.2. The number of amides is 2. The summed E-state index contributed by atoms with van der Waals surface area (Å²) in [6.45, 7) is 1.70.